The van der Waals surface area contributed by atoms with E-state index in [0.29, 0.717) is 6.54 Å². The van der Waals surface area contributed by atoms with E-state index in [1.54, 1.807) is 0 Å². The van der Waals surface area contributed by atoms with E-state index in [-0.39, 0.29) is 7.53 Å². The summed E-state index contributed by atoms with van der Waals surface area (Å²) in [6.07, 6.45) is 9.35. The van der Waals surface area contributed by atoms with E-state index < -0.39 is 0 Å². The highest BCUT2D eigenvalue weighted by Crippen LogP contribution is 2.13. The summed E-state index contributed by atoms with van der Waals surface area (Å²) in [6, 6.07) is 0. The molecule has 0 saturated carbocycles. The lowest BCUT2D eigenvalue weighted by Gasteiger charge is -2.13. The van der Waals surface area contributed by atoms with Gasteiger partial charge in [-0.1, -0.05) is 39.8 Å². The monoisotopic (exact) mass is 241 g/mol. The van der Waals surface area contributed by atoms with Crippen molar-refractivity contribution in [1.29, 1.82) is 0 Å². The van der Waals surface area contributed by atoms with Crippen LogP contribution in [0, 0.1) is 0 Å². The SMILES string of the molecule is CC.CC.CC1=CC(O[C@@H](C)CN)=CCC=C1.[HH]. The van der Waals surface area contributed by atoms with E-state index in [0.717, 1.165) is 12.2 Å². The zero-order valence-corrected chi connectivity index (χ0v) is 12.3. The second-order valence-corrected chi connectivity index (χ2v) is 3.30. The average Bonchev–Trinajstić information content (AvgIpc) is 2.58. The molecule has 17 heavy (non-hydrogen) atoms. The van der Waals surface area contributed by atoms with E-state index in [9.17, 15) is 0 Å². The van der Waals surface area contributed by atoms with Crippen LogP contribution < -0.4 is 5.73 Å². The second kappa shape index (κ2) is 13.0. The maximum atomic E-state index is 5.61. The first-order valence-corrected chi connectivity index (χ1v) is 6.64. The fourth-order valence-corrected chi connectivity index (χ4v) is 1.13. The van der Waals surface area contributed by atoms with Crippen LogP contribution in [0.1, 0.15) is 49.4 Å². The Bertz CT molecular complexity index is 257. The Balaban J connectivity index is -0.000000409. The van der Waals surface area contributed by atoms with Gasteiger partial charge < -0.3 is 10.5 Å². The summed E-state index contributed by atoms with van der Waals surface area (Å²) in [5, 5.41) is 0. The summed E-state index contributed by atoms with van der Waals surface area (Å²) >= 11 is 0. The van der Waals surface area contributed by atoms with Crippen molar-refractivity contribution in [1.82, 2.24) is 0 Å². The van der Waals surface area contributed by atoms with Gasteiger partial charge in [0.15, 0.2) is 0 Å². The van der Waals surface area contributed by atoms with Crippen molar-refractivity contribution >= 4 is 0 Å². The zero-order valence-electron chi connectivity index (χ0n) is 12.3. The molecule has 0 bridgehead atoms. The van der Waals surface area contributed by atoms with Gasteiger partial charge in [0.1, 0.15) is 11.9 Å². The molecule has 1 atom stereocenters. The fraction of sp³-hybridized carbons (Fsp3) is 0.600. The highest BCUT2D eigenvalue weighted by molar-refractivity contribution is 5.29. The molecule has 0 heterocycles. The van der Waals surface area contributed by atoms with E-state index in [4.69, 9.17) is 10.5 Å². The Morgan fingerprint density at radius 2 is 1.94 bits per heavy atom. The van der Waals surface area contributed by atoms with Crippen molar-refractivity contribution in [2.24, 2.45) is 5.73 Å². The number of nitrogens with two attached hydrogens (primary N) is 1. The molecule has 0 radical (unpaired) electrons. The van der Waals surface area contributed by atoms with Crippen LogP contribution in [-0.2, 0) is 4.74 Å². The van der Waals surface area contributed by atoms with Gasteiger partial charge in [0.2, 0.25) is 0 Å². The Hall–Kier alpha value is -1.02. The number of rotatable bonds is 3. The average molecular weight is 241 g/mol. The predicted octanol–water partition coefficient (Wildman–Crippen LogP) is 4.44. The lowest BCUT2D eigenvalue weighted by atomic mass is 10.2. The topological polar surface area (TPSA) is 35.2 Å². The lowest BCUT2D eigenvalue weighted by molar-refractivity contribution is 0.147. The van der Waals surface area contributed by atoms with Crippen LogP contribution >= 0.6 is 0 Å². The number of ether oxygens (including phenoxy) is 1. The molecule has 0 aromatic heterocycles. The fourth-order valence-electron chi connectivity index (χ4n) is 1.13. The first kappa shape index (κ1) is 18.3. The van der Waals surface area contributed by atoms with Crippen LogP contribution in [0.5, 0.6) is 0 Å². The van der Waals surface area contributed by atoms with Crippen molar-refractivity contribution in [2.45, 2.75) is 54.1 Å². The van der Waals surface area contributed by atoms with Gasteiger partial charge in [0.05, 0.1) is 0 Å². The molecular formula is C15H31NO. The molecule has 0 aromatic carbocycles. The third-order valence-electron chi connectivity index (χ3n) is 1.87. The molecule has 0 saturated heterocycles. The van der Waals surface area contributed by atoms with Gasteiger partial charge in [-0.05, 0) is 38.0 Å². The van der Waals surface area contributed by atoms with Crippen LogP contribution in [0.15, 0.2) is 35.6 Å². The maximum Gasteiger partial charge on any atom is 0.116 e. The normalized spacial score (nSPS) is 15.0. The van der Waals surface area contributed by atoms with Gasteiger partial charge in [-0.3, -0.25) is 0 Å². The predicted molar refractivity (Wildman–Crippen MR) is 80.0 cm³/mol. The van der Waals surface area contributed by atoms with Crippen molar-refractivity contribution in [3.05, 3.63) is 35.6 Å². The summed E-state index contributed by atoms with van der Waals surface area (Å²) in [4.78, 5) is 0. The van der Waals surface area contributed by atoms with Crippen LogP contribution in [0.25, 0.3) is 0 Å². The van der Waals surface area contributed by atoms with Crippen LogP contribution in [0.3, 0.4) is 0 Å². The van der Waals surface area contributed by atoms with Gasteiger partial charge in [0.25, 0.3) is 0 Å². The van der Waals surface area contributed by atoms with Crippen LogP contribution in [-0.4, -0.2) is 12.6 Å². The summed E-state index contributed by atoms with van der Waals surface area (Å²) in [7, 11) is 0. The minimum atomic E-state index is 0. The Morgan fingerprint density at radius 3 is 2.47 bits per heavy atom. The maximum absolute atomic E-state index is 5.61. The van der Waals surface area contributed by atoms with Crippen molar-refractivity contribution < 1.29 is 6.16 Å². The molecule has 102 valence electrons. The summed E-state index contributed by atoms with van der Waals surface area (Å²) in [6.45, 7) is 12.6. The third kappa shape index (κ3) is 9.88. The van der Waals surface area contributed by atoms with E-state index in [2.05, 4.69) is 25.2 Å². The highest BCUT2D eigenvalue weighted by atomic mass is 16.5. The highest BCUT2D eigenvalue weighted by Gasteiger charge is 2.02. The van der Waals surface area contributed by atoms with Gasteiger partial charge >= 0.3 is 0 Å². The standard InChI is InChI=1S/C11H17NO.2C2H6.H2/c1-9-5-3-4-6-11(7-9)13-10(2)8-12;2*1-2;/h3,5-7,10H,4,8,12H2,1-2H3;2*1-2H3;1H/t10-;;;/m0.../s1. The molecule has 2 N–H and O–H groups in total. The van der Waals surface area contributed by atoms with Gasteiger partial charge in [-0.25, -0.2) is 0 Å². The van der Waals surface area contributed by atoms with E-state index in [1.165, 1.54) is 5.57 Å². The molecule has 1 rings (SSSR count). The quantitative estimate of drug-likeness (QED) is 0.793. The van der Waals surface area contributed by atoms with Gasteiger partial charge in [-0.2, -0.15) is 0 Å². The lowest BCUT2D eigenvalue weighted by Crippen LogP contribution is -2.19. The largest absolute Gasteiger partial charge is 0.490 e. The van der Waals surface area contributed by atoms with Crippen molar-refractivity contribution in [2.75, 3.05) is 6.54 Å². The van der Waals surface area contributed by atoms with Gasteiger partial charge in [0, 0.05) is 7.97 Å². The number of allylic oxidation sites excluding steroid dienone is 5. The minimum Gasteiger partial charge on any atom is -0.490 e. The molecule has 0 aromatic rings. The molecular weight excluding hydrogens is 210 g/mol. The van der Waals surface area contributed by atoms with Crippen molar-refractivity contribution in [3.8, 4) is 0 Å². The molecule has 0 aliphatic heterocycles. The first-order chi connectivity index (χ1) is 8.22. The number of hydrogen-bond donors (Lipinski definition) is 1. The Labute approximate surface area is 109 Å². The molecule has 0 fully saturated rings. The summed E-state index contributed by atoms with van der Waals surface area (Å²) in [5.74, 6) is 0.931. The smallest absolute Gasteiger partial charge is 0.116 e. The van der Waals surface area contributed by atoms with Crippen LogP contribution in [0.2, 0.25) is 0 Å². The van der Waals surface area contributed by atoms with Gasteiger partial charge in [-0.15, -0.1) is 0 Å². The van der Waals surface area contributed by atoms with E-state index in [1.807, 2.05) is 40.7 Å². The summed E-state index contributed by atoms with van der Waals surface area (Å²) in [5.41, 5.74) is 6.69. The van der Waals surface area contributed by atoms with Crippen LogP contribution in [0.4, 0.5) is 0 Å². The molecule has 1 aliphatic rings. The molecule has 0 unspecified atom stereocenters. The minimum absolute atomic E-state index is 0. The third-order valence-corrected chi connectivity index (χ3v) is 1.87. The van der Waals surface area contributed by atoms with Crippen molar-refractivity contribution in [3.63, 3.8) is 0 Å². The molecule has 2 heteroatoms. The first-order valence-electron chi connectivity index (χ1n) is 6.64. The summed E-state index contributed by atoms with van der Waals surface area (Å²) < 4.78 is 5.61. The Morgan fingerprint density at radius 1 is 1.35 bits per heavy atom. The molecule has 0 spiro atoms. The second-order valence-electron chi connectivity index (χ2n) is 3.30. The molecule has 2 nitrogen and oxygen atoms in total. The zero-order chi connectivity index (χ0) is 13.7. The Kier molecular flexibility index (Phi) is 14.1. The van der Waals surface area contributed by atoms with E-state index >= 15 is 0 Å². The molecule has 0 amide bonds. The molecule has 1 aliphatic carbocycles. The number of hydrogen-bond acceptors (Lipinski definition) is 2.